The number of nitrogens with zero attached hydrogens (tertiary/aromatic N) is 1. The van der Waals surface area contributed by atoms with E-state index in [-0.39, 0.29) is 10.6 Å². The number of benzene rings is 2. The summed E-state index contributed by atoms with van der Waals surface area (Å²) in [5, 5.41) is 2.16. The second-order valence-electron chi connectivity index (χ2n) is 6.27. The van der Waals surface area contributed by atoms with Gasteiger partial charge in [0.2, 0.25) is 10.0 Å². The summed E-state index contributed by atoms with van der Waals surface area (Å²) in [5.74, 6) is -3.36. The predicted molar refractivity (Wildman–Crippen MR) is 112 cm³/mol. The maximum absolute atomic E-state index is 13.5. The Morgan fingerprint density at radius 1 is 1.06 bits per heavy atom. The minimum absolute atomic E-state index is 0.139. The van der Waals surface area contributed by atoms with Gasteiger partial charge in [0.05, 0.1) is 10.6 Å². The van der Waals surface area contributed by atoms with Crippen LogP contribution in [0, 0.1) is 11.6 Å². The Balaban J connectivity index is 1.90. The first-order valence-electron chi connectivity index (χ1n) is 9.37. The van der Waals surface area contributed by atoms with E-state index in [9.17, 15) is 26.8 Å². The van der Waals surface area contributed by atoms with E-state index < -0.39 is 40.1 Å². The van der Waals surface area contributed by atoms with Crippen molar-refractivity contribution in [1.82, 2.24) is 4.31 Å². The number of hydrogen-bond acceptors (Lipinski definition) is 5. The van der Waals surface area contributed by atoms with Gasteiger partial charge in [0.15, 0.2) is 6.61 Å². The summed E-state index contributed by atoms with van der Waals surface area (Å²) in [6.07, 6.45) is 2.47. The summed E-state index contributed by atoms with van der Waals surface area (Å²) in [5.41, 5.74) is 0.311. The number of hydrogen-bond donors (Lipinski definition) is 1. The molecule has 0 heterocycles. The van der Waals surface area contributed by atoms with E-state index in [0.29, 0.717) is 24.7 Å². The van der Waals surface area contributed by atoms with E-state index in [1.54, 1.807) is 13.8 Å². The van der Waals surface area contributed by atoms with Gasteiger partial charge in [-0.05, 0) is 35.9 Å². The molecule has 166 valence electrons. The van der Waals surface area contributed by atoms with Crippen molar-refractivity contribution < 1.29 is 31.5 Å². The van der Waals surface area contributed by atoms with Crippen molar-refractivity contribution in [3.63, 3.8) is 0 Å². The van der Waals surface area contributed by atoms with E-state index >= 15 is 0 Å². The molecular formula is C21H22F2N2O5S. The number of carbonyl (C=O) groups is 2. The zero-order chi connectivity index (χ0) is 23.0. The minimum atomic E-state index is -3.57. The van der Waals surface area contributed by atoms with E-state index in [0.717, 1.165) is 18.2 Å². The second kappa shape index (κ2) is 10.8. The summed E-state index contributed by atoms with van der Waals surface area (Å²) in [6, 6.07) is 8.57. The lowest BCUT2D eigenvalue weighted by molar-refractivity contribution is -0.142. The van der Waals surface area contributed by atoms with Crippen LogP contribution in [-0.4, -0.2) is 44.3 Å². The fraction of sp³-hybridized carbons (Fsp3) is 0.238. The molecule has 31 heavy (non-hydrogen) atoms. The number of ether oxygens (including phenoxy) is 1. The Kier molecular flexibility index (Phi) is 8.40. The fourth-order valence-electron chi connectivity index (χ4n) is 2.59. The van der Waals surface area contributed by atoms with Crippen LogP contribution in [0.1, 0.15) is 19.4 Å². The van der Waals surface area contributed by atoms with Crippen molar-refractivity contribution in [1.29, 1.82) is 0 Å². The number of anilines is 1. The normalized spacial score (nSPS) is 11.6. The van der Waals surface area contributed by atoms with Crippen LogP contribution in [-0.2, 0) is 24.3 Å². The lowest BCUT2D eigenvalue weighted by atomic mass is 10.2. The highest BCUT2D eigenvalue weighted by Gasteiger charge is 2.21. The molecule has 2 aromatic carbocycles. The summed E-state index contributed by atoms with van der Waals surface area (Å²) in [6.45, 7) is 3.54. The van der Waals surface area contributed by atoms with Gasteiger partial charge in [-0.3, -0.25) is 4.79 Å². The molecule has 7 nitrogen and oxygen atoms in total. The standard InChI is InChI=1S/C21H22F2N2O5S/c1-3-25(4-2)31(28,29)17-9-5-15(6-10-17)7-12-21(27)30-14-20(26)24-19-11-8-16(22)13-18(19)23/h5-13H,3-4,14H2,1-2H3,(H,24,26)/b12-7+. The van der Waals surface area contributed by atoms with Crippen molar-refractivity contribution in [2.75, 3.05) is 25.0 Å². The van der Waals surface area contributed by atoms with E-state index in [2.05, 4.69) is 5.32 Å². The topological polar surface area (TPSA) is 92.8 Å². The summed E-state index contributed by atoms with van der Waals surface area (Å²) >= 11 is 0. The molecule has 1 N–H and O–H groups in total. The SMILES string of the molecule is CCN(CC)S(=O)(=O)c1ccc(/C=C/C(=O)OCC(=O)Nc2ccc(F)cc2F)cc1. The average Bonchev–Trinajstić information content (AvgIpc) is 2.73. The first-order valence-corrected chi connectivity index (χ1v) is 10.8. The highest BCUT2D eigenvalue weighted by atomic mass is 32.2. The smallest absolute Gasteiger partial charge is 0.331 e. The molecule has 0 aliphatic heterocycles. The first-order chi connectivity index (χ1) is 14.7. The van der Waals surface area contributed by atoms with Crippen LogP contribution in [0.5, 0.6) is 0 Å². The number of carbonyl (C=O) groups excluding carboxylic acids is 2. The van der Waals surface area contributed by atoms with Crippen LogP contribution >= 0.6 is 0 Å². The third-order valence-corrected chi connectivity index (χ3v) is 6.25. The lowest BCUT2D eigenvalue weighted by Gasteiger charge is -2.18. The summed E-state index contributed by atoms with van der Waals surface area (Å²) < 4.78 is 57.3. The van der Waals surface area contributed by atoms with Gasteiger partial charge in [-0.15, -0.1) is 0 Å². The third-order valence-electron chi connectivity index (χ3n) is 4.19. The molecule has 10 heteroatoms. The molecule has 0 fully saturated rings. The Morgan fingerprint density at radius 2 is 1.71 bits per heavy atom. The first kappa shape index (κ1) is 24.2. The molecule has 1 amide bonds. The van der Waals surface area contributed by atoms with Crippen molar-refractivity contribution >= 4 is 33.7 Å². The maximum Gasteiger partial charge on any atom is 0.331 e. The van der Waals surface area contributed by atoms with Gasteiger partial charge >= 0.3 is 5.97 Å². The molecule has 0 aromatic heterocycles. The summed E-state index contributed by atoms with van der Waals surface area (Å²) in [7, 11) is -3.57. The van der Waals surface area contributed by atoms with Gasteiger partial charge in [0.25, 0.3) is 5.91 Å². The molecule has 0 aliphatic carbocycles. The largest absolute Gasteiger partial charge is 0.452 e. The zero-order valence-corrected chi connectivity index (χ0v) is 17.8. The van der Waals surface area contributed by atoms with Crippen LogP contribution in [0.4, 0.5) is 14.5 Å². The van der Waals surface area contributed by atoms with Crippen molar-refractivity contribution in [2.45, 2.75) is 18.7 Å². The number of halogens is 2. The van der Waals surface area contributed by atoms with Gasteiger partial charge < -0.3 is 10.1 Å². The lowest BCUT2D eigenvalue weighted by Crippen LogP contribution is -2.30. The molecule has 2 rings (SSSR count). The minimum Gasteiger partial charge on any atom is -0.452 e. The third kappa shape index (κ3) is 6.69. The van der Waals surface area contributed by atoms with Crippen LogP contribution in [0.15, 0.2) is 53.4 Å². The highest BCUT2D eigenvalue weighted by molar-refractivity contribution is 7.89. The number of sulfonamides is 1. The molecule has 2 aromatic rings. The monoisotopic (exact) mass is 452 g/mol. The van der Waals surface area contributed by atoms with E-state index in [4.69, 9.17) is 4.74 Å². The molecule has 0 aliphatic rings. The van der Waals surface area contributed by atoms with E-state index in [1.807, 2.05) is 0 Å². The number of amides is 1. The van der Waals surface area contributed by atoms with Crippen LogP contribution in [0.2, 0.25) is 0 Å². The van der Waals surface area contributed by atoms with Crippen LogP contribution in [0.25, 0.3) is 6.08 Å². The van der Waals surface area contributed by atoms with Crippen molar-refractivity contribution in [3.8, 4) is 0 Å². The Bertz CT molecular complexity index is 1070. The van der Waals surface area contributed by atoms with Gasteiger partial charge in [-0.2, -0.15) is 4.31 Å². The average molecular weight is 452 g/mol. The van der Waals surface area contributed by atoms with Gasteiger partial charge in [0, 0.05) is 25.2 Å². The van der Waals surface area contributed by atoms with Gasteiger partial charge in [-0.25, -0.2) is 22.0 Å². The van der Waals surface area contributed by atoms with Crippen molar-refractivity contribution in [2.24, 2.45) is 0 Å². The van der Waals surface area contributed by atoms with Gasteiger partial charge in [0.1, 0.15) is 11.6 Å². The fourth-order valence-corrected chi connectivity index (χ4v) is 4.05. The molecule has 0 saturated heterocycles. The Hall–Kier alpha value is -3.11. The highest BCUT2D eigenvalue weighted by Crippen LogP contribution is 2.17. The molecule has 0 saturated carbocycles. The van der Waals surface area contributed by atoms with Crippen LogP contribution in [0.3, 0.4) is 0 Å². The van der Waals surface area contributed by atoms with Crippen molar-refractivity contribution in [3.05, 3.63) is 65.7 Å². The molecule has 0 bridgehead atoms. The Labute approximate surface area is 179 Å². The number of rotatable bonds is 9. The van der Waals surface area contributed by atoms with E-state index in [1.165, 1.54) is 34.6 Å². The molecule has 0 unspecified atom stereocenters. The Morgan fingerprint density at radius 3 is 2.29 bits per heavy atom. The predicted octanol–water partition coefficient (Wildman–Crippen LogP) is 3.19. The van der Waals surface area contributed by atoms with Crippen LogP contribution < -0.4 is 5.32 Å². The summed E-state index contributed by atoms with van der Waals surface area (Å²) in [4.78, 5) is 23.6. The van der Waals surface area contributed by atoms with Gasteiger partial charge in [-0.1, -0.05) is 26.0 Å². The molecular weight excluding hydrogens is 430 g/mol. The molecule has 0 radical (unpaired) electrons. The number of esters is 1. The zero-order valence-electron chi connectivity index (χ0n) is 17.0. The maximum atomic E-state index is 13.5. The quantitative estimate of drug-likeness (QED) is 0.466. The molecule has 0 atom stereocenters. The molecule has 0 spiro atoms. The second-order valence-corrected chi connectivity index (χ2v) is 8.21. The number of nitrogens with one attached hydrogen (secondary N) is 1.